The zero-order valence-corrected chi connectivity index (χ0v) is 12.4. The largest absolute Gasteiger partial charge is 0.353 e. The fourth-order valence-corrected chi connectivity index (χ4v) is 3.12. The van der Waals surface area contributed by atoms with Gasteiger partial charge in [-0.2, -0.15) is 0 Å². The molecule has 7 heteroatoms. The van der Waals surface area contributed by atoms with Crippen LogP contribution in [0.1, 0.15) is 51.9 Å². The first-order valence-electron chi connectivity index (χ1n) is 7.67. The number of hydrogen-bond acceptors (Lipinski definition) is 5. The van der Waals surface area contributed by atoms with E-state index in [1.165, 1.54) is 0 Å². The molecule has 7 nitrogen and oxygen atoms in total. The number of hydrazine groups is 1. The zero-order valence-electron chi connectivity index (χ0n) is 12.4. The summed E-state index contributed by atoms with van der Waals surface area (Å²) in [6.45, 7) is 1.83. The Kier molecular flexibility index (Phi) is 5.30. The van der Waals surface area contributed by atoms with Crippen LogP contribution in [0.3, 0.4) is 0 Å². The third kappa shape index (κ3) is 4.01. The SMILES string of the molecule is CCC(=O)NC1CCCC(N(N)C2CCC(=O)NC2=O)C1. The van der Waals surface area contributed by atoms with Gasteiger partial charge in [-0.25, -0.2) is 5.01 Å². The van der Waals surface area contributed by atoms with Gasteiger partial charge in [-0.3, -0.25) is 25.5 Å². The Bertz CT molecular complexity index is 426. The van der Waals surface area contributed by atoms with Crippen molar-refractivity contribution in [2.75, 3.05) is 0 Å². The average molecular weight is 296 g/mol. The van der Waals surface area contributed by atoms with Crippen LogP contribution in [-0.2, 0) is 14.4 Å². The van der Waals surface area contributed by atoms with Crippen molar-refractivity contribution < 1.29 is 14.4 Å². The second-order valence-corrected chi connectivity index (χ2v) is 5.85. The van der Waals surface area contributed by atoms with Gasteiger partial charge in [0.25, 0.3) is 0 Å². The van der Waals surface area contributed by atoms with Gasteiger partial charge in [0.15, 0.2) is 0 Å². The standard InChI is InChI=1S/C14H24N4O3/c1-2-12(19)16-9-4-3-5-10(8-9)18(15)11-6-7-13(20)17-14(11)21/h9-11H,2-8,15H2,1H3,(H,16,19)(H,17,20,21). The van der Waals surface area contributed by atoms with Gasteiger partial charge >= 0.3 is 0 Å². The second kappa shape index (κ2) is 7.00. The van der Waals surface area contributed by atoms with Crippen LogP contribution in [0.25, 0.3) is 0 Å². The third-order valence-corrected chi connectivity index (χ3v) is 4.32. The van der Waals surface area contributed by atoms with Crippen LogP contribution in [-0.4, -0.2) is 40.9 Å². The Morgan fingerprint density at radius 1 is 1.38 bits per heavy atom. The Balaban J connectivity index is 1.92. The quantitative estimate of drug-likeness (QED) is 0.379. The van der Waals surface area contributed by atoms with Gasteiger partial charge in [0, 0.05) is 24.9 Å². The summed E-state index contributed by atoms with van der Waals surface area (Å²) in [6.07, 6.45) is 4.84. The number of nitrogens with two attached hydrogens (primary N) is 1. The van der Waals surface area contributed by atoms with E-state index in [-0.39, 0.29) is 29.8 Å². The molecule has 0 bridgehead atoms. The molecule has 1 saturated carbocycles. The fraction of sp³-hybridized carbons (Fsp3) is 0.786. The lowest BCUT2D eigenvalue weighted by atomic mass is 9.89. The van der Waals surface area contributed by atoms with E-state index in [1.54, 1.807) is 5.01 Å². The molecule has 4 N–H and O–H groups in total. The van der Waals surface area contributed by atoms with E-state index < -0.39 is 6.04 Å². The molecule has 118 valence electrons. The topological polar surface area (TPSA) is 105 Å². The maximum atomic E-state index is 11.9. The summed E-state index contributed by atoms with van der Waals surface area (Å²) in [4.78, 5) is 34.5. The molecule has 1 aliphatic heterocycles. The van der Waals surface area contributed by atoms with E-state index in [2.05, 4.69) is 10.6 Å². The number of carbonyl (C=O) groups is 3. The molecule has 1 saturated heterocycles. The lowest BCUT2D eigenvalue weighted by molar-refractivity contribution is -0.139. The van der Waals surface area contributed by atoms with Crippen LogP contribution in [0.15, 0.2) is 0 Å². The van der Waals surface area contributed by atoms with Crippen molar-refractivity contribution in [3.63, 3.8) is 0 Å². The highest BCUT2D eigenvalue weighted by Crippen LogP contribution is 2.24. The number of amides is 3. The molecule has 1 aliphatic carbocycles. The summed E-state index contributed by atoms with van der Waals surface area (Å²) in [5.74, 6) is 5.63. The van der Waals surface area contributed by atoms with Gasteiger partial charge in [0.05, 0.1) is 0 Å². The monoisotopic (exact) mass is 296 g/mol. The van der Waals surface area contributed by atoms with Crippen molar-refractivity contribution in [2.45, 2.75) is 70.0 Å². The van der Waals surface area contributed by atoms with E-state index in [0.717, 1.165) is 25.7 Å². The molecule has 1 heterocycles. The summed E-state index contributed by atoms with van der Waals surface area (Å²) in [5, 5.41) is 6.92. The summed E-state index contributed by atoms with van der Waals surface area (Å²) in [7, 11) is 0. The van der Waals surface area contributed by atoms with E-state index in [0.29, 0.717) is 19.3 Å². The molecule has 0 aromatic rings. The Hall–Kier alpha value is -1.47. The Labute approximate surface area is 124 Å². The van der Waals surface area contributed by atoms with Crippen LogP contribution in [0.5, 0.6) is 0 Å². The van der Waals surface area contributed by atoms with Crippen molar-refractivity contribution in [2.24, 2.45) is 5.84 Å². The van der Waals surface area contributed by atoms with Crippen molar-refractivity contribution >= 4 is 17.7 Å². The second-order valence-electron chi connectivity index (χ2n) is 5.85. The molecule has 3 amide bonds. The van der Waals surface area contributed by atoms with E-state index in [9.17, 15) is 14.4 Å². The van der Waals surface area contributed by atoms with Crippen molar-refractivity contribution in [1.82, 2.24) is 15.6 Å². The average Bonchev–Trinajstić information content (AvgIpc) is 2.47. The highest BCUT2D eigenvalue weighted by molar-refractivity contribution is 6.00. The van der Waals surface area contributed by atoms with Crippen LogP contribution >= 0.6 is 0 Å². The molecule has 21 heavy (non-hydrogen) atoms. The lowest BCUT2D eigenvalue weighted by Gasteiger charge is -2.39. The Morgan fingerprint density at radius 3 is 2.81 bits per heavy atom. The van der Waals surface area contributed by atoms with Gasteiger partial charge < -0.3 is 5.32 Å². The highest BCUT2D eigenvalue weighted by Gasteiger charge is 2.36. The molecule has 2 rings (SSSR count). The van der Waals surface area contributed by atoms with Crippen LogP contribution < -0.4 is 16.5 Å². The van der Waals surface area contributed by atoms with Gasteiger partial charge in [0.2, 0.25) is 17.7 Å². The molecular weight excluding hydrogens is 272 g/mol. The molecule has 2 aliphatic rings. The van der Waals surface area contributed by atoms with E-state index >= 15 is 0 Å². The predicted molar refractivity (Wildman–Crippen MR) is 76.7 cm³/mol. The molecule has 0 radical (unpaired) electrons. The number of nitrogens with one attached hydrogen (secondary N) is 2. The van der Waals surface area contributed by atoms with Gasteiger partial charge in [-0.15, -0.1) is 0 Å². The minimum atomic E-state index is -0.451. The smallest absolute Gasteiger partial charge is 0.245 e. The van der Waals surface area contributed by atoms with Crippen molar-refractivity contribution in [1.29, 1.82) is 0 Å². The molecule has 0 aromatic carbocycles. The van der Waals surface area contributed by atoms with Crippen molar-refractivity contribution in [3.8, 4) is 0 Å². The summed E-state index contributed by atoms with van der Waals surface area (Å²) >= 11 is 0. The minimum absolute atomic E-state index is 0.0465. The predicted octanol–water partition coefficient (Wildman–Crippen LogP) is -0.195. The van der Waals surface area contributed by atoms with Crippen LogP contribution in [0.2, 0.25) is 0 Å². The highest BCUT2D eigenvalue weighted by atomic mass is 16.2. The van der Waals surface area contributed by atoms with Crippen LogP contribution in [0, 0.1) is 0 Å². The molecule has 3 unspecified atom stereocenters. The van der Waals surface area contributed by atoms with E-state index in [1.807, 2.05) is 6.92 Å². The number of carbonyl (C=O) groups excluding carboxylic acids is 3. The minimum Gasteiger partial charge on any atom is -0.353 e. The van der Waals surface area contributed by atoms with Gasteiger partial charge in [-0.05, 0) is 32.1 Å². The number of nitrogens with zero attached hydrogens (tertiary/aromatic N) is 1. The molecule has 0 spiro atoms. The summed E-state index contributed by atoms with van der Waals surface area (Å²) in [5.41, 5.74) is 0. The maximum absolute atomic E-state index is 11.9. The first-order valence-corrected chi connectivity index (χ1v) is 7.67. The normalized spacial score (nSPS) is 30.1. The summed E-state index contributed by atoms with van der Waals surface area (Å²) in [6, 6.07) is -0.270. The summed E-state index contributed by atoms with van der Waals surface area (Å²) < 4.78 is 0. The number of piperidine rings is 1. The van der Waals surface area contributed by atoms with E-state index in [4.69, 9.17) is 5.84 Å². The lowest BCUT2D eigenvalue weighted by Crippen LogP contribution is -2.59. The van der Waals surface area contributed by atoms with Crippen LogP contribution in [0.4, 0.5) is 0 Å². The van der Waals surface area contributed by atoms with Gasteiger partial charge in [-0.1, -0.05) is 6.92 Å². The number of imide groups is 1. The zero-order chi connectivity index (χ0) is 15.4. The third-order valence-electron chi connectivity index (χ3n) is 4.32. The molecule has 0 aromatic heterocycles. The van der Waals surface area contributed by atoms with Crippen molar-refractivity contribution in [3.05, 3.63) is 0 Å². The Morgan fingerprint density at radius 2 is 2.14 bits per heavy atom. The molecule has 3 atom stereocenters. The molecular formula is C14H24N4O3. The molecule has 2 fully saturated rings. The fourth-order valence-electron chi connectivity index (χ4n) is 3.12. The first kappa shape index (κ1) is 15.9. The first-order chi connectivity index (χ1) is 10.0. The number of hydrogen-bond donors (Lipinski definition) is 3. The van der Waals surface area contributed by atoms with Gasteiger partial charge in [0.1, 0.15) is 6.04 Å². The maximum Gasteiger partial charge on any atom is 0.245 e. The number of rotatable bonds is 4.